The van der Waals surface area contributed by atoms with Crippen LogP contribution in [0.2, 0.25) is 0 Å². The van der Waals surface area contributed by atoms with E-state index in [1.807, 2.05) is 19.4 Å². The zero-order chi connectivity index (χ0) is 14.8. The maximum absolute atomic E-state index is 12.5. The Hall–Kier alpha value is -1.33. The van der Waals surface area contributed by atoms with Gasteiger partial charge in [-0.15, -0.1) is 11.3 Å². The molecule has 1 atom stereocenters. The van der Waals surface area contributed by atoms with Crippen molar-refractivity contribution >= 4 is 11.3 Å². The van der Waals surface area contributed by atoms with Crippen molar-refractivity contribution < 1.29 is 13.2 Å². The zero-order valence-corrected chi connectivity index (χ0v) is 12.1. The molecule has 0 radical (unpaired) electrons. The highest BCUT2D eigenvalue weighted by molar-refractivity contribution is 7.10. The van der Waals surface area contributed by atoms with E-state index in [2.05, 4.69) is 11.4 Å². The molecule has 1 aromatic carbocycles. The van der Waals surface area contributed by atoms with Crippen LogP contribution < -0.4 is 5.32 Å². The smallest absolute Gasteiger partial charge is 0.312 e. The van der Waals surface area contributed by atoms with Crippen molar-refractivity contribution in [1.29, 1.82) is 0 Å². The number of benzene rings is 1. The highest BCUT2D eigenvalue weighted by atomic mass is 32.1. The first-order valence-corrected chi connectivity index (χ1v) is 7.17. The van der Waals surface area contributed by atoms with Crippen molar-refractivity contribution in [3.8, 4) is 0 Å². The maximum atomic E-state index is 12.5. The molecule has 0 bridgehead atoms. The molecule has 2 rings (SSSR count). The number of alkyl halides is 3. The lowest BCUT2D eigenvalue weighted by atomic mass is 10.0. The lowest BCUT2D eigenvalue weighted by Gasteiger charge is -2.16. The number of hydrogen-bond donors (Lipinski definition) is 1. The van der Waals surface area contributed by atoms with Crippen LogP contribution in [0.25, 0.3) is 0 Å². The molecule has 0 amide bonds. The normalized spacial score (nSPS) is 13.4. The monoisotopic (exact) mass is 299 g/mol. The second kappa shape index (κ2) is 5.97. The van der Waals surface area contributed by atoms with Gasteiger partial charge in [-0.05, 0) is 55.1 Å². The zero-order valence-electron chi connectivity index (χ0n) is 11.3. The first-order chi connectivity index (χ1) is 9.41. The van der Waals surface area contributed by atoms with Gasteiger partial charge >= 0.3 is 6.18 Å². The minimum Gasteiger partial charge on any atom is -0.312 e. The largest absolute Gasteiger partial charge is 0.416 e. The summed E-state index contributed by atoms with van der Waals surface area (Å²) < 4.78 is 37.5. The topological polar surface area (TPSA) is 12.0 Å². The number of thiophene rings is 1. The van der Waals surface area contributed by atoms with Crippen LogP contribution in [-0.2, 0) is 12.6 Å². The predicted molar refractivity (Wildman–Crippen MR) is 76.0 cm³/mol. The minimum absolute atomic E-state index is 0.131. The third-order valence-corrected chi connectivity index (χ3v) is 4.42. The van der Waals surface area contributed by atoms with Gasteiger partial charge in [0.05, 0.1) is 5.56 Å². The van der Waals surface area contributed by atoms with Crippen molar-refractivity contribution in [2.24, 2.45) is 0 Å². The summed E-state index contributed by atoms with van der Waals surface area (Å²) in [5.41, 5.74) is 1.50. The highest BCUT2D eigenvalue weighted by Gasteiger charge is 2.30. The van der Waals surface area contributed by atoms with Crippen molar-refractivity contribution in [3.63, 3.8) is 0 Å². The third kappa shape index (κ3) is 3.41. The second-order valence-electron chi connectivity index (χ2n) is 4.71. The van der Waals surface area contributed by atoms with Crippen LogP contribution in [0, 0.1) is 6.92 Å². The Morgan fingerprint density at radius 2 is 1.80 bits per heavy atom. The average Bonchev–Trinajstić information content (AvgIpc) is 2.82. The lowest BCUT2D eigenvalue weighted by molar-refractivity contribution is -0.137. The van der Waals surface area contributed by atoms with E-state index in [-0.39, 0.29) is 6.04 Å². The minimum atomic E-state index is -4.27. The molecule has 0 saturated heterocycles. The van der Waals surface area contributed by atoms with Crippen molar-refractivity contribution in [1.82, 2.24) is 5.32 Å². The molecule has 20 heavy (non-hydrogen) atoms. The van der Waals surface area contributed by atoms with Gasteiger partial charge in [-0.25, -0.2) is 0 Å². The molecule has 0 fully saturated rings. The van der Waals surface area contributed by atoms with Crippen molar-refractivity contribution in [2.75, 3.05) is 7.05 Å². The Balaban J connectivity index is 2.15. The van der Waals surface area contributed by atoms with E-state index in [9.17, 15) is 13.2 Å². The number of likely N-dealkylation sites (N-methyl/N-ethyl adjacent to an activating group) is 1. The van der Waals surface area contributed by atoms with Crippen LogP contribution in [0.1, 0.15) is 27.6 Å². The molecule has 0 spiro atoms. The van der Waals surface area contributed by atoms with Gasteiger partial charge in [0.2, 0.25) is 0 Å². The molecule has 0 aliphatic carbocycles. The molecule has 1 unspecified atom stereocenters. The fraction of sp³-hybridized carbons (Fsp3) is 0.333. The van der Waals surface area contributed by atoms with E-state index < -0.39 is 11.7 Å². The van der Waals surface area contributed by atoms with Gasteiger partial charge in [0.25, 0.3) is 0 Å². The Bertz CT molecular complexity index is 557. The lowest BCUT2D eigenvalue weighted by Crippen LogP contribution is -2.18. The van der Waals surface area contributed by atoms with E-state index in [1.54, 1.807) is 23.5 Å². The van der Waals surface area contributed by atoms with Gasteiger partial charge in [0.15, 0.2) is 0 Å². The fourth-order valence-corrected chi connectivity index (χ4v) is 3.17. The van der Waals surface area contributed by atoms with Gasteiger partial charge in [-0.1, -0.05) is 12.1 Å². The maximum Gasteiger partial charge on any atom is 0.416 e. The molecule has 2 aromatic rings. The molecule has 0 aliphatic rings. The Morgan fingerprint density at radius 3 is 2.25 bits per heavy atom. The Morgan fingerprint density at radius 1 is 1.15 bits per heavy atom. The summed E-state index contributed by atoms with van der Waals surface area (Å²) in [6, 6.07) is 7.57. The van der Waals surface area contributed by atoms with Gasteiger partial charge in [-0.3, -0.25) is 0 Å². The molecule has 1 N–H and O–H groups in total. The van der Waals surface area contributed by atoms with E-state index in [1.165, 1.54) is 10.4 Å². The summed E-state index contributed by atoms with van der Waals surface area (Å²) in [5, 5.41) is 5.26. The van der Waals surface area contributed by atoms with Gasteiger partial charge in [0, 0.05) is 10.9 Å². The summed E-state index contributed by atoms with van der Waals surface area (Å²) in [6.07, 6.45) is -3.60. The summed E-state index contributed by atoms with van der Waals surface area (Å²) in [5.74, 6) is 0. The third-order valence-electron chi connectivity index (χ3n) is 3.29. The first kappa shape index (κ1) is 15.1. The first-order valence-electron chi connectivity index (χ1n) is 6.29. The quantitative estimate of drug-likeness (QED) is 0.871. The van der Waals surface area contributed by atoms with Crippen LogP contribution in [0.3, 0.4) is 0 Å². The molecular formula is C15H16F3NS. The van der Waals surface area contributed by atoms with E-state index >= 15 is 0 Å². The van der Waals surface area contributed by atoms with Crippen molar-refractivity contribution in [2.45, 2.75) is 25.6 Å². The molecule has 108 valence electrons. The number of rotatable bonds is 4. The summed E-state index contributed by atoms with van der Waals surface area (Å²) >= 11 is 1.67. The number of nitrogens with one attached hydrogen (secondary N) is 1. The van der Waals surface area contributed by atoms with Crippen molar-refractivity contribution in [3.05, 3.63) is 57.3 Å². The molecule has 1 nitrogen and oxygen atoms in total. The summed E-state index contributed by atoms with van der Waals surface area (Å²) in [7, 11) is 1.87. The molecule has 0 saturated carbocycles. The Kier molecular flexibility index (Phi) is 4.50. The van der Waals surface area contributed by atoms with Gasteiger partial charge < -0.3 is 5.32 Å². The van der Waals surface area contributed by atoms with Crippen LogP contribution in [-0.4, -0.2) is 7.05 Å². The fourth-order valence-electron chi connectivity index (χ4n) is 2.13. The van der Waals surface area contributed by atoms with Crippen LogP contribution >= 0.6 is 11.3 Å². The Labute approximate surface area is 120 Å². The molecule has 5 heteroatoms. The number of hydrogen-bond acceptors (Lipinski definition) is 2. The second-order valence-corrected chi connectivity index (χ2v) is 5.66. The van der Waals surface area contributed by atoms with E-state index in [0.29, 0.717) is 6.42 Å². The number of halogens is 3. The predicted octanol–water partition coefficient (Wildman–Crippen LogP) is 4.58. The van der Waals surface area contributed by atoms with Gasteiger partial charge in [-0.2, -0.15) is 13.2 Å². The summed E-state index contributed by atoms with van der Waals surface area (Å²) in [6.45, 7) is 2.04. The van der Waals surface area contributed by atoms with Crippen LogP contribution in [0.15, 0.2) is 35.7 Å². The average molecular weight is 299 g/mol. The number of aryl methyl sites for hydroxylation is 1. The van der Waals surface area contributed by atoms with E-state index in [4.69, 9.17) is 0 Å². The highest BCUT2D eigenvalue weighted by Crippen LogP contribution is 2.30. The molecule has 1 heterocycles. The molecular weight excluding hydrogens is 283 g/mol. The van der Waals surface area contributed by atoms with Gasteiger partial charge in [0.1, 0.15) is 0 Å². The van der Waals surface area contributed by atoms with Crippen LogP contribution in [0.4, 0.5) is 13.2 Å². The van der Waals surface area contributed by atoms with Crippen LogP contribution in [0.5, 0.6) is 0 Å². The SMILES string of the molecule is CNC(Cc1ccc(C(F)(F)F)cc1)c1sccc1C. The standard InChI is InChI=1S/C15H16F3NS/c1-10-7-8-20-14(10)13(19-2)9-11-3-5-12(6-4-11)15(16,17)18/h3-8,13,19H,9H2,1-2H3. The molecule has 0 aliphatic heterocycles. The summed E-state index contributed by atoms with van der Waals surface area (Å²) in [4.78, 5) is 1.23. The molecule has 1 aromatic heterocycles. The van der Waals surface area contributed by atoms with E-state index in [0.717, 1.165) is 17.7 Å².